The molecule has 1 aromatic carbocycles. The number of aromatic amines is 1. The van der Waals surface area contributed by atoms with Crippen LogP contribution < -0.4 is 0 Å². The van der Waals surface area contributed by atoms with E-state index in [1.807, 2.05) is 30.3 Å². The molecule has 0 atom stereocenters. The van der Waals surface area contributed by atoms with Gasteiger partial charge < -0.3 is 19.2 Å². The van der Waals surface area contributed by atoms with Crippen LogP contribution >= 0.6 is 11.8 Å². The molecule has 168 valence electrons. The largest absolute Gasteiger partial charge is 0.469 e. The topological polar surface area (TPSA) is 94.7 Å². The van der Waals surface area contributed by atoms with Crippen molar-refractivity contribution in [2.45, 2.75) is 56.3 Å². The van der Waals surface area contributed by atoms with Crippen molar-refractivity contribution in [3.8, 4) is 0 Å². The number of rotatable bonds is 9. The lowest BCUT2D eigenvalue weighted by atomic mass is 10.0. The highest BCUT2D eigenvalue weighted by Crippen LogP contribution is 2.30. The van der Waals surface area contributed by atoms with Gasteiger partial charge in [-0.25, -0.2) is 4.79 Å². The molecule has 2 aromatic rings. The van der Waals surface area contributed by atoms with Crippen LogP contribution in [0, 0.1) is 0 Å². The number of methoxy groups -OCH3 is 2. The van der Waals surface area contributed by atoms with Crippen molar-refractivity contribution >= 4 is 29.7 Å². The van der Waals surface area contributed by atoms with Crippen molar-refractivity contribution in [2.75, 3.05) is 14.2 Å². The number of carbonyl (C=O) groups is 3. The van der Waals surface area contributed by atoms with Crippen LogP contribution in [0.3, 0.4) is 0 Å². The van der Waals surface area contributed by atoms with E-state index in [4.69, 9.17) is 14.2 Å². The predicted octanol–water partition coefficient (Wildman–Crippen LogP) is 4.08. The number of aromatic nitrogens is 1. The van der Waals surface area contributed by atoms with Crippen molar-refractivity contribution in [1.29, 1.82) is 0 Å². The average molecular weight is 448 g/mol. The fraction of sp³-hybridized carbons (Fsp3) is 0.435. The van der Waals surface area contributed by atoms with Crippen LogP contribution in [-0.2, 0) is 42.4 Å². The highest BCUT2D eigenvalue weighted by molar-refractivity contribution is 7.98. The lowest BCUT2D eigenvalue weighted by Gasteiger charge is -2.19. The number of nitrogens with one attached hydrogen (secondary N) is 1. The predicted molar refractivity (Wildman–Crippen MR) is 118 cm³/mol. The second-order valence-electron chi connectivity index (χ2n) is 7.87. The molecule has 2 rings (SSSR count). The van der Waals surface area contributed by atoms with Gasteiger partial charge in [-0.2, -0.15) is 0 Å². The Balaban J connectivity index is 2.45. The Labute approximate surface area is 186 Å². The van der Waals surface area contributed by atoms with Crippen LogP contribution in [0.2, 0.25) is 0 Å². The highest BCUT2D eigenvalue weighted by atomic mass is 32.2. The van der Waals surface area contributed by atoms with E-state index in [1.165, 1.54) is 14.2 Å². The third-order valence-corrected chi connectivity index (χ3v) is 5.43. The molecule has 0 saturated carbocycles. The molecular weight excluding hydrogens is 418 g/mol. The average Bonchev–Trinajstić information content (AvgIpc) is 3.07. The van der Waals surface area contributed by atoms with E-state index in [0.717, 1.165) is 10.6 Å². The van der Waals surface area contributed by atoms with Gasteiger partial charge in [-0.1, -0.05) is 18.2 Å². The van der Waals surface area contributed by atoms with Crippen molar-refractivity contribution < 1.29 is 28.6 Å². The van der Waals surface area contributed by atoms with Gasteiger partial charge in [0.25, 0.3) is 0 Å². The molecule has 0 aliphatic rings. The smallest absolute Gasteiger partial charge is 0.355 e. The van der Waals surface area contributed by atoms with Gasteiger partial charge in [-0.15, -0.1) is 11.8 Å². The number of benzene rings is 1. The summed E-state index contributed by atoms with van der Waals surface area (Å²) in [5.41, 5.74) is 1.51. The molecule has 0 radical (unpaired) electrons. The first-order valence-corrected chi connectivity index (χ1v) is 10.9. The summed E-state index contributed by atoms with van der Waals surface area (Å²) in [5, 5.41) is 0. The Morgan fingerprint density at radius 1 is 0.968 bits per heavy atom. The first-order chi connectivity index (χ1) is 14.6. The molecule has 0 aliphatic heterocycles. The Morgan fingerprint density at radius 3 is 2.19 bits per heavy atom. The second kappa shape index (κ2) is 11.0. The zero-order valence-electron chi connectivity index (χ0n) is 18.6. The summed E-state index contributed by atoms with van der Waals surface area (Å²) >= 11 is 1.57. The molecule has 0 fully saturated rings. The minimum Gasteiger partial charge on any atom is -0.469 e. The van der Waals surface area contributed by atoms with Crippen molar-refractivity contribution in [1.82, 2.24) is 4.98 Å². The minimum absolute atomic E-state index is 0.0169. The van der Waals surface area contributed by atoms with Gasteiger partial charge in [-0.3, -0.25) is 9.59 Å². The Hall–Kier alpha value is -2.74. The molecule has 0 aliphatic carbocycles. The van der Waals surface area contributed by atoms with Crippen LogP contribution in [0.5, 0.6) is 0 Å². The highest BCUT2D eigenvalue weighted by Gasteiger charge is 2.27. The normalized spacial score (nSPS) is 11.1. The first kappa shape index (κ1) is 24.5. The SMILES string of the molecule is COC(=O)CCc1c(C(=O)OC(C)(C)C)[nH]c(CSc2ccccc2)c1CC(=O)OC. The maximum Gasteiger partial charge on any atom is 0.355 e. The molecule has 7 nitrogen and oxygen atoms in total. The standard InChI is InChI=1S/C23H29NO6S/c1-23(2,3)30-22(27)21-16(11-12-19(25)28-4)17(13-20(26)29-5)18(24-21)14-31-15-9-7-6-8-10-15/h6-10,24H,11-14H2,1-5H3. The van der Waals surface area contributed by atoms with E-state index in [-0.39, 0.29) is 25.0 Å². The number of hydrogen-bond acceptors (Lipinski definition) is 7. The number of thioether (sulfide) groups is 1. The van der Waals surface area contributed by atoms with Gasteiger partial charge in [-0.05, 0) is 50.5 Å². The summed E-state index contributed by atoms with van der Waals surface area (Å²) in [5.74, 6) is -0.861. The molecule has 0 unspecified atom stereocenters. The van der Waals surface area contributed by atoms with Gasteiger partial charge >= 0.3 is 17.9 Å². The first-order valence-electron chi connectivity index (χ1n) is 9.92. The molecular formula is C23H29NO6S. The third kappa shape index (κ3) is 7.47. The van der Waals surface area contributed by atoms with E-state index in [0.29, 0.717) is 16.9 Å². The molecule has 31 heavy (non-hydrogen) atoms. The van der Waals surface area contributed by atoms with Crippen LogP contribution in [0.1, 0.15) is 54.5 Å². The maximum absolute atomic E-state index is 12.9. The van der Waals surface area contributed by atoms with E-state index in [9.17, 15) is 14.4 Å². The summed E-state index contributed by atoms with van der Waals surface area (Å²) in [6.07, 6.45) is 0.292. The summed E-state index contributed by atoms with van der Waals surface area (Å²) in [6, 6.07) is 9.80. The zero-order valence-corrected chi connectivity index (χ0v) is 19.4. The van der Waals surface area contributed by atoms with Crippen molar-refractivity contribution in [3.05, 3.63) is 52.8 Å². The Kier molecular flexibility index (Phi) is 8.74. The monoisotopic (exact) mass is 447 g/mol. The van der Waals surface area contributed by atoms with E-state index in [1.54, 1.807) is 32.5 Å². The minimum atomic E-state index is -0.691. The molecule has 1 N–H and O–H groups in total. The second-order valence-corrected chi connectivity index (χ2v) is 8.92. The number of hydrogen-bond donors (Lipinski definition) is 1. The lowest BCUT2D eigenvalue weighted by Crippen LogP contribution is -2.25. The van der Waals surface area contributed by atoms with Gasteiger partial charge in [0.15, 0.2) is 0 Å². The Morgan fingerprint density at radius 2 is 1.61 bits per heavy atom. The maximum atomic E-state index is 12.9. The summed E-state index contributed by atoms with van der Waals surface area (Å²) in [4.78, 5) is 41.0. The van der Waals surface area contributed by atoms with Gasteiger partial charge in [0.05, 0.1) is 20.6 Å². The zero-order chi connectivity index (χ0) is 23.0. The van der Waals surface area contributed by atoms with Crippen LogP contribution in [-0.4, -0.2) is 42.7 Å². The van der Waals surface area contributed by atoms with Gasteiger partial charge in [0.2, 0.25) is 0 Å². The quantitative estimate of drug-likeness (QED) is 0.351. The fourth-order valence-electron chi connectivity index (χ4n) is 2.97. The molecule has 1 aromatic heterocycles. The van der Waals surface area contributed by atoms with E-state index < -0.39 is 23.5 Å². The number of ether oxygens (including phenoxy) is 3. The fourth-order valence-corrected chi connectivity index (χ4v) is 3.88. The summed E-state index contributed by atoms with van der Waals surface area (Å²) < 4.78 is 15.2. The van der Waals surface area contributed by atoms with E-state index in [2.05, 4.69) is 4.98 Å². The van der Waals surface area contributed by atoms with Gasteiger partial charge in [0.1, 0.15) is 11.3 Å². The third-order valence-electron chi connectivity index (χ3n) is 4.39. The van der Waals surface area contributed by atoms with Crippen molar-refractivity contribution in [3.63, 3.8) is 0 Å². The number of H-pyrrole nitrogens is 1. The molecule has 0 spiro atoms. The Bertz CT molecular complexity index is 914. The summed E-state index contributed by atoms with van der Waals surface area (Å²) in [7, 11) is 2.63. The molecule has 0 saturated heterocycles. The van der Waals surface area contributed by atoms with Crippen LogP contribution in [0.4, 0.5) is 0 Å². The van der Waals surface area contributed by atoms with Gasteiger partial charge in [0, 0.05) is 22.8 Å². The van der Waals surface area contributed by atoms with E-state index >= 15 is 0 Å². The molecule has 0 bridgehead atoms. The summed E-state index contributed by atoms with van der Waals surface area (Å²) in [6.45, 7) is 5.34. The molecule has 0 amide bonds. The number of esters is 3. The molecule has 8 heteroatoms. The number of carbonyl (C=O) groups excluding carboxylic acids is 3. The molecule has 1 heterocycles. The van der Waals surface area contributed by atoms with Crippen LogP contribution in [0.15, 0.2) is 35.2 Å². The van der Waals surface area contributed by atoms with Crippen LogP contribution in [0.25, 0.3) is 0 Å². The lowest BCUT2D eigenvalue weighted by molar-refractivity contribution is -0.141. The van der Waals surface area contributed by atoms with Crippen molar-refractivity contribution in [2.24, 2.45) is 0 Å².